The normalized spacial score (nSPS) is 11.9. The lowest BCUT2D eigenvalue weighted by molar-refractivity contribution is 0.578. The smallest absolute Gasteiger partial charge is 0.216 e. The molecular weight excluding hydrogens is 411 g/mol. The first-order valence-corrected chi connectivity index (χ1v) is 11.6. The fourth-order valence-corrected chi connectivity index (χ4v) is 4.96. The van der Waals surface area contributed by atoms with Crippen LogP contribution < -0.4 is 4.72 Å². The third kappa shape index (κ3) is 4.36. The van der Waals surface area contributed by atoms with Gasteiger partial charge in [-0.3, -0.25) is 0 Å². The number of aryl methyl sites for hydroxylation is 1. The standard InChI is InChI=1S/C20H19FN4O2S2/c1-2-18-24-25-17(19(23-20(25)28-18)15-8-4-3-5-9-15)12-22-29(26,27)13-14-7-6-10-16(21)11-14/h3-11,22H,2,12-13H2,1H3. The van der Waals surface area contributed by atoms with Gasteiger partial charge in [0, 0.05) is 5.56 Å². The Morgan fingerprint density at radius 3 is 2.66 bits per heavy atom. The number of fused-ring (bicyclic) bond motifs is 1. The van der Waals surface area contributed by atoms with Crippen LogP contribution >= 0.6 is 11.3 Å². The van der Waals surface area contributed by atoms with Crippen LogP contribution in [0.5, 0.6) is 0 Å². The topological polar surface area (TPSA) is 76.4 Å². The zero-order chi connectivity index (χ0) is 20.4. The highest BCUT2D eigenvalue weighted by molar-refractivity contribution is 7.88. The molecule has 0 aliphatic heterocycles. The van der Waals surface area contributed by atoms with Crippen LogP contribution in [0.3, 0.4) is 0 Å². The average molecular weight is 431 g/mol. The molecule has 0 unspecified atom stereocenters. The van der Waals surface area contributed by atoms with Gasteiger partial charge in [0.25, 0.3) is 0 Å². The molecule has 0 bridgehead atoms. The summed E-state index contributed by atoms with van der Waals surface area (Å²) < 4.78 is 42.8. The zero-order valence-electron chi connectivity index (χ0n) is 15.7. The first-order chi connectivity index (χ1) is 13.9. The lowest BCUT2D eigenvalue weighted by atomic mass is 10.1. The summed E-state index contributed by atoms with van der Waals surface area (Å²) in [7, 11) is -3.68. The molecule has 0 fully saturated rings. The van der Waals surface area contributed by atoms with Gasteiger partial charge in [0.2, 0.25) is 15.0 Å². The predicted molar refractivity (Wildman–Crippen MR) is 112 cm³/mol. The second kappa shape index (κ2) is 8.02. The molecule has 0 spiro atoms. The Bertz CT molecular complexity index is 1250. The fraction of sp³-hybridized carbons (Fsp3) is 0.200. The summed E-state index contributed by atoms with van der Waals surface area (Å²) in [5.41, 5.74) is 2.65. The Morgan fingerprint density at radius 2 is 1.93 bits per heavy atom. The van der Waals surface area contributed by atoms with Gasteiger partial charge in [0.05, 0.1) is 23.7 Å². The van der Waals surface area contributed by atoms with E-state index in [4.69, 9.17) is 0 Å². The van der Waals surface area contributed by atoms with Crippen molar-refractivity contribution in [3.8, 4) is 11.3 Å². The third-order valence-corrected chi connectivity index (χ3v) is 6.74. The number of halogens is 1. The van der Waals surface area contributed by atoms with Crippen LogP contribution in [-0.4, -0.2) is 23.0 Å². The molecule has 1 N–H and O–H groups in total. The molecular formula is C20H19FN4O2S2. The van der Waals surface area contributed by atoms with Gasteiger partial charge in [-0.05, 0) is 24.1 Å². The molecule has 0 aliphatic rings. The Hall–Kier alpha value is -2.62. The van der Waals surface area contributed by atoms with Gasteiger partial charge in [0.15, 0.2) is 0 Å². The number of nitrogens with zero attached hydrogens (tertiary/aromatic N) is 3. The molecule has 9 heteroatoms. The van der Waals surface area contributed by atoms with E-state index in [1.54, 1.807) is 10.6 Å². The maximum Gasteiger partial charge on any atom is 0.216 e. The lowest BCUT2D eigenvalue weighted by Gasteiger charge is -2.08. The van der Waals surface area contributed by atoms with Crippen LogP contribution in [0.25, 0.3) is 16.2 Å². The minimum Gasteiger partial charge on any atom is -0.217 e. The van der Waals surface area contributed by atoms with Crippen molar-refractivity contribution in [3.63, 3.8) is 0 Å². The third-order valence-electron chi connectivity index (χ3n) is 4.39. The van der Waals surface area contributed by atoms with E-state index in [0.717, 1.165) is 22.0 Å². The molecule has 0 saturated heterocycles. The minimum absolute atomic E-state index is 0.0376. The molecule has 0 atom stereocenters. The Kier molecular flexibility index (Phi) is 5.44. The van der Waals surface area contributed by atoms with Crippen LogP contribution in [-0.2, 0) is 28.7 Å². The second-order valence-electron chi connectivity index (χ2n) is 6.53. The number of sulfonamides is 1. The highest BCUT2D eigenvalue weighted by atomic mass is 32.2. The monoisotopic (exact) mass is 430 g/mol. The van der Waals surface area contributed by atoms with Crippen LogP contribution in [0.4, 0.5) is 4.39 Å². The number of benzene rings is 2. The molecule has 4 aromatic rings. The molecule has 0 radical (unpaired) electrons. The van der Waals surface area contributed by atoms with Gasteiger partial charge < -0.3 is 0 Å². The first kappa shape index (κ1) is 19.7. The Morgan fingerprint density at radius 1 is 1.14 bits per heavy atom. The molecule has 4 rings (SSSR count). The highest BCUT2D eigenvalue weighted by Crippen LogP contribution is 2.27. The van der Waals surface area contributed by atoms with E-state index < -0.39 is 15.8 Å². The van der Waals surface area contributed by atoms with E-state index >= 15 is 0 Å². The number of nitrogens with one attached hydrogen (secondary N) is 1. The van der Waals surface area contributed by atoms with Crippen molar-refractivity contribution in [1.82, 2.24) is 19.3 Å². The van der Waals surface area contributed by atoms with Crippen LogP contribution in [0.1, 0.15) is 23.2 Å². The molecule has 29 heavy (non-hydrogen) atoms. The Labute approximate surface area is 172 Å². The van der Waals surface area contributed by atoms with Crippen molar-refractivity contribution in [1.29, 1.82) is 0 Å². The molecule has 2 aromatic heterocycles. The minimum atomic E-state index is -3.68. The highest BCUT2D eigenvalue weighted by Gasteiger charge is 2.20. The molecule has 6 nitrogen and oxygen atoms in total. The number of aromatic nitrogens is 3. The van der Waals surface area contributed by atoms with E-state index in [1.807, 2.05) is 37.3 Å². The van der Waals surface area contributed by atoms with Crippen LogP contribution in [0, 0.1) is 5.82 Å². The van der Waals surface area contributed by atoms with Gasteiger partial charge in [-0.15, -0.1) is 0 Å². The van der Waals surface area contributed by atoms with Crippen molar-refractivity contribution in [2.45, 2.75) is 25.6 Å². The van der Waals surface area contributed by atoms with Gasteiger partial charge in [-0.2, -0.15) is 5.10 Å². The largest absolute Gasteiger partial charge is 0.217 e. The van der Waals surface area contributed by atoms with E-state index in [2.05, 4.69) is 14.8 Å². The summed E-state index contributed by atoms with van der Waals surface area (Å²) in [4.78, 5) is 5.40. The van der Waals surface area contributed by atoms with Crippen LogP contribution in [0.15, 0.2) is 54.6 Å². The summed E-state index contributed by atoms with van der Waals surface area (Å²) >= 11 is 1.49. The quantitative estimate of drug-likeness (QED) is 0.484. The molecule has 0 saturated carbocycles. The SMILES string of the molecule is CCc1nn2c(CNS(=O)(=O)Cc3cccc(F)c3)c(-c3ccccc3)nc2s1. The van der Waals surface area contributed by atoms with E-state index in [9.17, 15) is 12.8 Å². The maximum absolute atomic E-state index is 13.4. The number of hydrogen-bond acceptors (Lipinski definition) is 5. The van der Waals surface area contributed by atoms with Crippen molar-refractivity contribution in [2.24, 2.45) is 0 Å². The average Bonchev–Trinajstić information content (AvgIpc) is 3.24. The van der Waals surface area contributed by atoms with Gasteiger partial charge in [-0.25, -0.2) is 27.0 Å². The second-order valence-corrected chi connectivity index (χ2v) is 9.37. The van der Waals surface area contributed by atoms with Crippen molar-refractivity contribution >= 4 is 26.3 Å². The Balaban J connectivity index is 1.64. The molecule has 2 heterocycles. The predicted octanol–water partition coefficient (Wildman–Crippen LogP) is 3.78. The van der Waals surface area contributed by atoms with Crippen molar-refractivity contribution in [2.75, 3.05) is 0 Å². The van der Waals surface area contributed by atoms with Gasteiger partial charge >= 0.3 is 0 Å². The summed E-state index contributed by atoms with van der Waals surface area (Å²) in [5, 5.41) is 5.49. The van der Waals surface area contributed by atoms with E-state index in [1.165, 1.54) is 29.5 Å². The molecule has 0 amide bonds. The summed E-state index contributed by atoms with van der Waals surface area (Å²) in [6.45, 7) is 2.05. The van der Waals surface area contributed by atoms with Crippen LogP contribution in [0.2, 0.25) is 0 Å². The molecule has 0 aliphatic carbocycles. The number of hydrogen-bond donors (Lipinski definition) is 1. The lowest BCUT2D eigenvalue weighted by Crippen LogP contribution is -2.25. The van der Waals surface area contributed by atoms with E-state index in [-0.39, 0.29) is 12.3 Å². The molecule has 2 aromatic carbocycles. The van der Waals surface area contributed by atoms with Gasteiger partial charge in [0.1, 0.15) is 10.8 Å². The fourth-order valence-electron chi connectivity index (χ4n) is 3.03. The summed E-state index contributed by atoms with van der Waals surface area (Å²) in [6, 6.07) is 15.2. The van der Waals surface area contributed by atoms with E-state index in [0.29, 0.717) is 17.0 Å². The molecule has 150 valence electrons. The number of rotatable bonds is 7. The summed E-state index contributed by atoms with van der Waals surface area (Å²) in [6.07, 6.45) is 0.777. The maximum atomic E-state index is 13.4. The van der Waals surface area contributed by atoms with Gasteiger partial charge in [-0.1, -0.05) is 60.7 Å². The van der Waals surface area contributed by atoms with Crippen molar-refractivity contribution in [3.05, 3.63) is 76.7 Å². The first-order valence-electron chi connectivity index (χ1n) is 9.09. The summed E-state index contributed by atoms with van der Waals surface area (Å²) in [5.74, 6) is -0.763. The van der Waals surface area contributed by atoms with Crippen molar-refractivity contribution < 1.29 is 12.8 Å². The zero-order valence-corrected chi connectivity index (χ0v) is 17.3. The number of imidazole rings is 1.